The zero-order valence-corrected chi connectivity index (χ0v) is 12.1. The molecule has 2 heterocycles. The summed E-state index contributed by atoms with van der Waals surface area (Å²) in [5.74, 6) is -0.539. The second-order valence-corrected chi connectivity index (χ2v) is 7.30. The average molecular weight is 302 g/mol. The summed E-state index contributed by atoms with van der Waals surface area (Å²) in [5, 5.41) is 19.4. The minimum Gasteiger partial charge on any atom is -0.481 e. The molecule has 1 aromatic rings. The van der Waals surface area contributed by atoms with Crippen molar-refractivity contribution in [2.45, 2.75) is 50.3 Å². The van der Waals surface area contributed by atoms with E-state index in [-0.39, 0.29) is 18.0 Å². The highest BCUT2D eigenvalue weighted by atomic mass is 32.2. The van der Waals surface area contributed by atoms with E-state index in [0.717, 1.165) is 6.42 Å². The maximum Gasteiger partial charge on any atom is 0.305 e. The van der Waals surface area contributed by atoms with E-state index < -0.39 is 27.1 Å². The molecule has 0 bridgehead atoms. The number of carbonyl (C=O) groups is 1. The molecule has 0 aromatic carbocycles. The number of aliphatic carboxylic acids is 1. The second kappa shape index (κ2) is 5.86. The predicted octanol–water partition coefficient (Wildman–Crippen LogP) is 0.739. The van der Waals surface area contributed by atoms with Gasteiger partial charge in [-0.1, -0.05) is 13.3 Å². The molecule has 9 heteroatoms. The molecule has 8 nitrogen and oxygen atoms in total. The highest BCUT2D eigenvalue weighted by Crippen LogP contribution is 2.33. The first kappa shape index (κ1) is 14.9. The number of rotatable bonds is 5. The Balaban J connectivity index is 2.34. The van der Waals surface area contributed by atoms with Crippen molar-refractivity contribution in [3.05, 3.63) is 5.82 Å². The maximum absolute atomic E-state index is 12.1. The summed E-state index contributed by atoms with van der Waals surface area (Å²) in [4.78, 5) is 10.9. The van der Waals surface area contributed by atoms with Crippen LogP contribution in [0.25, 0.3) is 0 Å². The van der Waals surface area contributed by atoms with Crippen LogP contribution >= 0.6 is 0 Å². The highest BCUT2D eigenvalue weighted by Gasteiger charge is 2.35. The maximum atomic E-state index is 12.1. The van der Waals surface area contributed by atoms with Crippen LogP contribution in [0, 0.1) is 0 Å². The van der Waals surface area contributed by atoms with Gasteiger partial charge in [0, 0.05) is 0 Å². The predicted molar refractivity (Wildman–Crippen MR) is 69.8 cm³/mol. The fraction of sp³-hybridized carbons (Fsp3) is 0.818. The van der Waals surface area contributed by atoms with Gasteiger partial charge in [-0.25, -0.2) is 13.1 Å². The van der Waals surface area contributed by atoms with Crippen LogP contribution in [0.5, 0.6) is 0 Å². The molecule has 20 heavy (non-hydrogen) atoms. The Morgan fingerprint density at radius 3 is 2.85 bits per heavy atom. The van der Waals surface area contributed by atoms with Gasteiger partial charge in [-0.3, -0.25) is 4.79 Å². The summed E-state index contributed by atoms with van der Waals surface area (Å²) in [7, 11) is -3.25. The third-order valence-corrected chi connectivity index (χ3v) is 5.78. The van der Waals surface area contributed by atoms with Crippen LogP contribution in [0.4, 0.5) is 0 Å². The lowest BCUT2D eigenvalue weighted by Gasteiger charge is -2.23. The van der Waals surface area contributed by atoms with Gasteiger partial charge in [-0.15, -0.1) is 5.10 Å². The normalized spacial score (nSPS) is 23.4. The zero-order valence-electron chi connectivity index (χ0n) is 11.3. The van der Waals surface area contributed by atoms with Crippen LogP contribution in [0.1, 0.15) is 56.1 Å². The Hall–Kier alpha value is -1.51. The van der Waals surface area contributed by atoms with Crippen LogP contribution in [0.3, 0.4) is 0 Å². The Morgan fingerprint density at radius 1 is 1.50 bits per heavy atom. The van der Waals surface area contributed by atoms with Crippen LogP contribution in [-0.2, 0) is 14.6 Å². The van der Waals surface area contributed by atoms with Crippen LogP contribution in [0.2, 0.25) is 0 Å². The molecule has 1 aromatic heterocycles. The van der Waals surface area contributed by atoms with Gasteiger partial charge in [0.2, 0.25) is 0 Å². The van der Waals surface area contributed by atoms with E-state index in [9.17, 15) is 13.2 Å². The molecule has 2 unspecified atom stereocenters. The van der Waals surface area contributed by atoms with Crippen molar-refractivity contribution in [3.8, 4) is 0 Å². The van der Waals surface area contributed by atoms with Crippen molar-refractivity contribution in [3.63, 3.8) is 0 Å². The van der Waals surface area contributed by atoms with Crippen molar-refractivity contribution in [2.24, 2.45) is 0 Å². The largest absolute Gasteiger partial charge is 0.481 e. The number of aromatic nitrogens is 4. The minimum absolute atomic E-state index is 0.124. The zero-order chi connectivity index (χ0) is 14.8. The van der Waals surface area contributed by atoms with Gasteiger partial charge in [-0.05, 0) is 29.7 Å². The number of carboxylic acids is 1. The lowest BCUT2D eigenvalue weighted by molar-refractivity contribution is -0.138. The van der Waals surface area contributed by atoms with E-state index >= 15 is 0 Å². The highest BCUT2D eigenvalue weighted by molar-refractivity contribution is 7.91. The molecule has 1 fully saturated rings. The summed E-state index contributed by atoms with van der Waals surface area (Å²) in [5.41, 5.74) is 0. The van der Waals surface area contributed by atoms with Gasteiger partial charge in [-0.2, -0.15) is 0 Å². The van der Waals surface area contributed by atoms with Crippen molar-refractivity contribution < 1.29 is 18.3 Å². The summed E-state index contributed by atoms with van der Waals surface area (Å²) in [6.07, 6.45) is 2.36. The van der Waals surface area contributed by atoms with E-state index in [2.05, 4.69) is 15.5 Å². The van der Waals surface area contributed by atoms with Crippen molar-refractivity contribution >= 4 is 15.8 Å². The summed E-state index contributed by atoms with van der Waals surface area (Å²) in [6.45, 7) is 1.83. The number of hydrogen-bond donors (Lipinski definition) is 1. The molecule has 1 saturated heterocycles. The molecule has 0 saturated carbocycles. The number of tetrazole rings is 1. The third kappa shape index (κ3) is 2.97. The summed E-state index contributed by atoms with van der Waals surface area (Å²) < 4.78 is 25.7. The molecule has 112 valence electrons. The smallest absolute Gasteiger partial charge is 0.305 e. The van der Waals surface area contributed by atoms with E-state index in [1.807, 2.05) is 6.92 Å². The first-order chi connectivity index (χ1) is 9.45. The number of carboxylic acid groups (broad SMARTS) is 1. The minimum atomic E-state index is -3.25. The van der Waals surface area contributed by atoms with E-state index in [1.165, 1.54) is 4.68 Å². The van der Waals surface area contributed by atoms with Crippen molar-refractivity contribution in [2.75, 3.05) is 5.75 Å². The number of nitrogens with zero attached hydrogens (tertiary/aromatic N) is 4. The Kier molecular flexibility index (Phi) is 4.36. The number of sulfone groups is 1. The van der Waals surface area contributed by atoms with Gasteiger partial charge >= 0.3 is 5.97 Å². The Labute approximate surface area is 117 Å². The van der Waals surface area contributed by atoms with Crippen molar-refractivity contribution in [1.29, 1.82) is 0 Å². The van der Waals surface area contributed by atoms with E-state index in [4.69, 9.17) is 5.11 Å². The Bertz CT molecular complexity index is 583. The summed E-state index contributed by atoms with van der Waals surface area (Å²) >= 11 is 0. The molecule has 0 amide bonds. The lowest BCUT2D eigenvalue weighted by Crippen LogP contribution is -2.27. The monoisotopic (exact) mass is 302 g/mol. The first-order valence-electron chi connectivity index (χ1n) is 6.66. The lowest BCUT2D eigenvalue weighted by atomic mass is 10.1. The molecule has 0 spiro atoms. The van der Waals surface area contributed by atoms with Crippen LogP contribution < -0.4 is 0 Å². The van der Waals surface area contributed by atoms with Crippen LogP contribution in [0.15, 0.2) is 0 Å². The van der Waals surface area contributed by atoms with Gasteiger partial charge in [0.05, 0.1) is 18.2 Å². The van der Waals surface area contributed by atoms with Gasteiger partial charge in [0.15, 0.2) is 15.7 Å². The fourth-order valence-corrected chi connectivity index (χ4v) is 4.42. The average Bonchev–Trinajstić information content (AvgIpc) is 2.84. The topological polar surface area (TPSA) is 115 Å². The van der Waals surface area contributed by atoms with E-state index in [0.29, 0.717) is 19.3 Å². The van der Waals surface area contributed by atoms with Gasteiger partial charge in [0.25, 0.3) is 0 Å². The Morgan fingerprint density at radius 2 is 2.25 bits per heavy atom. The molecule has 1 aliphatic heterocycles. The SMILES string of the molecule is CCC(CC(=O)O)n1nnnc1C1CCCCS1(=O)=O. The quantitative estimate of drug-likeness (QED) is 0.852. The molecular formula is C11H18N4O4S. The van der Waals surface area contributed by atoms with Crippen LogP contribution in [-0.4, -0.2) is 45.5 Å². The summed E-state index contributed by atoms with van der Waals surface area (Å²) in [6, 6.07) is -0.422. The molecule has 2 atom stereocenters. The molecule has 1 aliphatic rings. The third-order valence-electron chi connectivity index (χ3n) is 3.61. The molecular weight excluding hydrogens is 284 g/mol. The molecule has 1 N–H and O–H groups in total. The van der Waals surface area contributed by atoms with E-state index in [1.54, 1.807) is 0 Å². The first-order valence-corrected chi connectivity index (χ1v) is 8.38. The van der Waals surface area contributed by atoms with Gasteiger partial charge < -0.3 is 5.11 Å². The number of hydrogen-bond acceptors (Lipinski definition) is 6. The second-order valence-electron chi connectivity index (χ2n) is 4.99. The fourth-order valence-electron chi connectivity index (χ4n) is 2.52. The standard InChI is InChI=1S/C11H18N4O4S/c1-2-8(7-10(16)17)15-11(12-13-14-15)9-5-3-4-6-20(9,18)19/h8-9H,2-7H2,1H3,(H,16,17). The van der Waals surface area contributed by atoms with Crippen molar-refractivity contribution in [1.82, 2.24) is 20.2 Å². The molecule has 0 aliphatic carbocycles. The molecule has 2 rings (SSSR count). The molecule has 0 radical (unpaired) electrons. The van der Waals surface area contributed by atoms with Gasteiger partial charge in [0.1, 0.15) is 5.25 Å².